The summed E-state index contributed by atoms with van der Waals surface area (Å²) in [5, 5.41) is 14.3. The van der Waals surface area contributed by atoms with Gasteiger partial charge in [-0.1, -0.05) is 41.9 Å². The number of halogens is 1. The monoisotopic (exact) mass is 372 g/mol. The number of benzene rings is 2. The molecule has 1 aliphatic rings. The highest BCUT2D eigenvalue weighted by Gasteiger charge is 2.31. The highest BCUT2D eigenvalue weighted by molar-refractivity contribution is 7.99. The second-order valence-corrected chi connectivity index (χ2v) is 7.70. The normalized spacial score (nSPS) is 20.2. The fraction of sp³-hybridized carbons (Fsp3) is 0.211. The fourth-order valence-electron chi connectivity index (χ4n) is 3.19. The molecule has 2 N–H and O–H groups in total. The van der Waals surface area contributed by atoms with E-state index in [0.717, 1.165) is 28.0 Å². The van der Waals surface area contributed by atoms with E-state index in [9.17, 15) is 9.90 Å². The first-order chi connectivity index (χ1) is 12.1. The van der Waals surface area contributed by atoms with Gasteiger partial charge >= 0.3 is 5.97 Å². The predicted octanol–water partition coefficient (Wildman–Crippen LogP) is 4.13. The van der Waals surface area contributed by atoms with Gasteiger partial charge in [-0.2, -0.15) is 0 Å². The zero-order chi connectivity index (χ0) is 17.4. The fourth-order valence-corrected chi connectivity index (χ4v) is 4.57. The van der Waals surface area contributed by atoms with Gasteiger partial charge in [-0.25, -0.2) is 0 Å². The Bertz CT molecular complexity index is 923. The molecule has 0 amide bonds. The number of hydrogen-bond donors (Lipinski definition) is 2. The number of nitrogens with zero attached hydrogens (tertiary/aromatic N) is 1. The molecule has 0 radical (unpaired) electrons. The van der Waals surface area contributed by atoms with Gasteiger partial charge in [0.2, 0.25) is 0 Å². The summed E-state index contributed by atoms with van der Waals surface area (Å²) in [6.07, 6.45) is 2.13. The molecule has 0 saturated carbocycles. The van der Waals surface area contributed by atoms with E-state index in [1.165, 1.54) is 5.56 Å². The molecule has 1 aliphatic heterocycles. The number of hydrogen-bond acceptors (Lipinski definition) is 3. The van der Waals surface area contributed by atoms with Crippen molar-refractivity contribution in [3.8, 4) is 0 Å². The largest absolute Gasteiger partial charge is 0.480 e. The first kappa shape index (κ1) is 16.5. The molecule has 2 heterocycles. The lowest BCUT2D eigenvalue weighted by Gasteiger charge is -2.09. The Morgan fingerprint density at radius 3 is 2.72 bits per heavy atom. The number of thioether (sulfide) groups is 1. The van der Waals surface area contributed by atoms with E-state index >= 15 is 0 Å². The Balaban J connectivity index is 1.69. The number of carboxylic acid groups (broad SMARTS) is 1. The highest BCUT2D eigenvalue weighted by atomic mass is 35.5. The van der Waals surface area contributed by atoms with Crippen LogP contribution in [-0.2, 0) is 11.3 Å². The van der Waals surface area contributed by atoms with Gasteiger partial charge in [0, 0.05) is 40.0 Å². The van der Waals surface area contributed by atoms with Crippen molar-refractivity contribution in [2.24, 2.45) is 0 Å². The zero-order valence-electron chi connectivity index (χ0n) is 13.4. The maximum Gasteiger partial charge on any atom is 0.321 e. The van der Waals surface area contributed by atoms with E-state index in [0.29, 0.717) is 5.75 Å². The lowest BCUT2D eigenvalue weighted by atomic mass is 10.1. The van der Waals surface area contributed by atoms with Crippen molar-refractivity contribution in [1.82, 2.24) is 9.88 Å². The van der Waals surface area contributed by atoms with Gasteiger partial charge < -0.3 is 9.67 Å². The second kappa shape index (κ2) is 6.75. The van der Waals surface area contributed by atoms with Crippen LogP contribution < -0.4 is 5.32 Å². The maximum atomic E-state index is 11.2. The third kappa shape index (κ3) is 3.27. The molecule has 3 aromatic rings. The third-order valence-electron chi connectivity index (χ3n) is 4.45. The smallest absolute Gasteiger partial charge is 0.321 e. The zero-order valence-corrected chi connectivity index (χ0v) is 14.9. The van der Waals surface area contributed by atoms with Crippen molar-refractivity contribution in [3.05, 3.63) is 70.9 Å². The van der Waals surface area contributed by atoms with Gasteiger partial charge in [0.05, 0.1) is 5.37 Å². The number of para-hydroxylation sites is 1. The number of rotatable bonds is 4. The van der Waals surface area contributed by atoms with Gasteiger partial charge in [-0.05, 0) is 23.8 Å². The van der Waals surface area contributed by atoms with Crippen LogP contribution in [0.3, 0.4) is 0 Å². The summed E-state index contributed by atoms with van der Waals surface area (Å²) in [5.74, 6) is -0.212. The van der Waals surface area contributed by atoms with Crippen LogP contribution in [0.4, 0.5) is 0 Å². The van der Waals surface area contributed by atoms with E-state index in [1.54, 1.807) is 11.8 Å². The molecule has 0 aliphatic carbocycles. The van der Waals surface area contributed by atoms with Gasteiger partial charge in [0.1, 0.15) is 6.04 Å². The molecule has 2 aromatic carbocycles. The molecule has 25 heavy (non-hydrogen) atoms. The molecule has 4 rings (SSSR count). The first-order valence-electron chi connectivity index (χ1n) is 8.04. The minimum atomic E-state index is -0.792. The van der Waals surface area contributed by atoms with Crippen LogP contribution >= 0.6 is 23.4 Å². The summed E-state index contributed by atoms with van der Waals surface area (Å²) in [6.45, 7) is 0.747. The standard InChI is InChI=1S/C19H17ClN2O2S/c20-13-7-5-12(6-8-13)9-22-10-15(14-3-1-2-4-17(14)22)18-21-16(11-25-18)19(23)24/h1-8,10,16,18,21H,9,11H2,(H,23,24)/t16-,18-/m1/s1. The summed E-state index contributed by atoms with van der Waals surface area (Å²) >= 11 is 7.62. The molecule has 0 unspecified atom stereocenters. The molecule has 4 nitrogen and oxygen atoms in total. The summed E-state index contributed by atoms with van der Waals surface area (Å²) in [5.41, 5.74) is 3.46. The molecule has 2 atom stereocenters. The van der Waals surface area contributed by atoms with Crippen LogP contribution in [0.1, 0.15) is 16.5 Å². The van der Waals surface area contributed by atoms with Crippen molar-refractivity contribution >= 4 is 40.2 Å². The van der Waals surface area contributed by atoms with Crippen LogP contribution in [0.15, 0.2) is 54.7 Å². The molecule has 1 aromatic heterocycles. The molecule has 128 valence electrons. The Morgan fingerprint density at radius 2 is 2.00 bits per heavy atom. The number of fused-ring (bicyclic) bond motifs is 1. The maximum absolute atomic E-state index is 11.2. The van der Waals surface area contributed by atoms with Gasteiger partial charge in [0.15, 0.2) is 0 Å². The number of carboxylic acids is 1. The Kier molecular flexibility index (Phi) is 4.46. The Morgan fingerprint density at radius 1 is 1.24 bits per heavy atom. The van der Waals surface area contributed by atoms with Gasteiger partial charge in [-0.3, -0.25) is 10.1 Å². The molecular weight excluding hydrogens is 356 g/mol. The number of carbonyl (C=O) groups is 1. The summed E-state index contributed by atoms with van der Waals surface area (Å²) in [4.78, 5) is 11.2. The molecule has 1 fully saturated rings. The van der Waals surface area contributed by atoms with E-state index in [2.05, 4.69) is 28.2 Å². The predicted molar refractivity (Wildman–Crippen MR) is 102 cm³/mol. The van der Waals surface area contributed by atoms with Crippen LogP contribution in [0.25, 0.3) is 10.9 Å². The summed E-state index contributed by atoms with van der Waals surface area (Å²) < 4.78 is 2.21. The van der Waals surface area contributed by atoms with Crippen LogP contribution in [0.2, 0.25) is 5.02 Å². The van der Waals surface area contributed by atoms with Gasteiger partial charge in [-0.15, -0.1) is 11.8 Å². The lowest BCUT2D eigenvalue weighted by Crippen LogP contribution is -2.33. The number of aromatic nitrogens is 1. The van der Waals surface area contributed by atoms with Crippen molar-refractivity contribution in [3.63, 3.8) is 0 Å². The number of nitrogens with one attached hydrogen (secondary N) is 1. The highest BCUT2D eigenvalue weighted by Crippen LogP contribution is 2.37. The average Bonchev–Trinajstić information content (AvgIpc) is 3.22. The SMILES string of the molecule is O=C(O)[C@H]1CS[C@H](c2cn(Cc3ccc(Cl)cc3)c3ccccc23)N1. The lowest BCUT2D eigenvalue weighted by molar-refractivity contribution is -0.138. The molecular formula is C19H17ClN2O2S. The van der Waals surface area contributed by atoms with Crippen LogP contribution in [0.5, 0.6) is 0 Å². The van der Waals surface area contributed by atoms with E-state index in [1.807, 2.05) is 36.4 Å². The minimum Gasteiger partial charge on any atom is -0.480 e. The molecule has 6 heteroatoms. The second-order valence-electron chi connectivity index (χ2n) is 6.13. The van der Waals surface area contributed by atoms with Gasteiger partial charge in [0.25, 0.3) is 0 Å². The molecule has 0 spiro atoms. The van der Waals surface area contributed by atoms with Crippen molar-refractivity contribution in [2.75, 3.05) is 5.75 Å². The minimum absolute atomic E-state index is 0.00234. The van der Waals surface area contributed by atoms with E-state index in [4.69, 9.17) is 11.6 Å². The summed E-state index contributed by atoms with van der Waals surface area (Å²) in [6, 6.07) is 15.6. The van der Waals surface area contributed by atoms with Crippen molar-refractivity contribution in [2.45, 2.75) is 18.0 Å². The Labute approximate surface area is 154 Å². The quantitative estimate of drug-likeness (QED) is 0.723. The summed E-state index contributed by atoms with van der Waals surface area (Å²) in [7, 11) is 0. The van der Waals surface area contributed by atoms with Crippen LogP contribution in [-0.4, -0.2) is 27.4 Å². The molecule has 0 bridgehead atoms. The van der Waals surface area contributed by atoms with E-state index < -0.39 is 12.0 Å². The van der Waals surface area contributed by atoms with Crippen molar-refractivity contribution < 1.29 is 9.90 Å². The first-order valence-corrected chi connectivity index (χ1v) is 9.47. The third-order valence-corrected chi connectivity index (χ3v) is 5.95. The van der Waals surface area contributed by atoms with E-state index in [-0.39, 0.29) is 5.37 Å². The number of aliphatic carboxylic acids is 1. The van der Waals surface area contributed by atoms with Crippen LogP contribution in [0, 0.1) is 0 Å². The topological polar surface area (TPSA) is 54.3 Å². The molecule has 1 saturated heterocycles. The average molecular weight is 373 g/mol. The van der Waals surface area contributed by atoms with Crippen molar-refractivity contribution in [1.29, 1.82) is 0 Å². The Hall–Kier alpha value is -1.95.